The van der Waals surface area contributed by atoms with Gasteiger partial charge in [0.25, 0.3) is 5.91 Å². The molecule has 0 bridgehead atoms. The van der Waals surface area contributed by atoms with Crippen LogP contribution in [0.25, 0.3) is 10.9 Å². The van der Waals surface area contributed by atoms with Crippen LogP contribution in [0.4, 0.5) is 0 Å². The Morgan fingerprint density at radius 2 is 2.37 bits per heavy atom. The van der Waals surface area contributed by atoms with Gasteiger partial charge in [-0.25, -0.2) is 0 Å². The van der Waals surface area contributed by atoms with E-state index in [1.165, 1.54) is 0 Å². The summed E-state index contributed by atoms with van der Waals surface area (Å²) in [6, 6.07) is 5.42. The molecule has 1 saturated heterocycles. The summed E-state index contributed by atoms with van der Waals surface area (Å²) in [7, 11) is 0. The summed E-state index contributed by atoms with van der Waals surface area (Å²) in [5.41, 5.74) is 1.45. The molecule has 0 radical (unpaired) electrons. The molecule has 6 heteroatoms. The Kier molecular flexibility index (Phi) is 3.52. The Balaban J connectivity index is 1.78. The van der Waals surface area contributed by atoms with Gasteiger partial charge in [0.15, 0.2) is 0 Å². The molecular formula is C13H14BrN3O2. The van der Waals surface area contributed by atoms with Crippen LogP contribution in [0, 0.1) is 0 Å². The number of ether oxygens (including phenoxy) is 1. The molecule has 1 aromatic heterocycles. The fourth-order valence-corrected chi connectivity index (χ4v) is 2.61. The minimum absolute atomic E-state index is 0.109. The number of carbonyl (C=O) groups is 1. The summed E-state index contributed by atoms with van der Waals surface area (Å²) in [6.07, 6.45) is 2.88. The predicted molar refractivity (Wildman–Crippen MR) is 74.9 cm³/mol. The van der Waals surface area contributed by atoms with E-state index in [4.69, 9.17) is 4.74 Å². The number of carbonyl (C=O) groups excluding carboxylic acids is 1. The Bertz CT molecular complexity index is 605. The molecule has 1 fully saturated rings. The first-order chi connectivity index (χ1) is 9.24. The first-order valence-electron chi connectivity index (χ1n) is 6.30. The van der Waals surface area contributed by atoms with Crippen molar-refractivity contribution in [2.75, 3.05) is 6.61 Å². The number of benzene rings is 1. The van der Waals surface area contributed by atoms with E-state index < -0.39 is 0 Å². The molecule has 5 nitrogen and oxygen atoms in total. The first-order valence-corrected chi connectivity index (χ1v) is 7.09. The van der Waals surface area contributed by atoms with Gasteiger partial charge in [-0.05, 0) is 53.4 Å². The SMILES string of the molecule is O=C(NC1CCCCO1)c1ccc2n[nH]c(Br)c2c1. The molecule has 100 valence electrons. The summed E-state index contributed by atoms with van der Waals surface area (Å²) in [6.45, 7) is 0.720. The number of amides is 1. The van der Waals surface area contributed by atoms with Crippen LogP contribution in [-0.4, -0.2) is 28.9 Å². The van der Waals surface area contributed by atoms with Gasteiger partial charge in [-0.1, -0.05) is 0 Å². The first kappa shape index (κ1) is 12.6. The molecular weight excluding hydrogens is 310 g/mol. The van der Waals surface area contributed by atoms with Gasteiger partial charge in [0.2, 0.25) is 0 Å². The van der Waals surface area contributed by atoms with Gasteiger partial charge in [-0.15, -0.1) is 0 Å². The second-order valence-corrected chi connectivity index (χ2v) is 5.39. The lowest BCUT2D eigenvalue weighted by molar-refractivity contribution is -0.00265. The lowest BCUT2D eigenvalue weighted by atomic mass is 10.1. The third kappa shape index (κ3) is 2.64. The fraction of sp³-hybridized carbons (Fsp3) is 0.385. The minimum Gasteiger partial charge on any atom is -0.359 e. The average molecular weight is 324 g/mol. The van der Waals surface area contributed by atoms with E-state index in [0.717, 1.165) is 41.4 Å². The van der Waals surface area contributed by atoms with Crippen molar-refractivity contribution in [3.8, 4) is 0 Å². The monoisotopic (exact) mass is 323 g/mol. The van der Waals surface area contributed by atoms with E-state index in [1.54, 1.807) is 6.07 Å². The van der Waals surface area contributed by atoms with Gasteiger partial charge in [0.05, 0.1) is 5.52 Å². The highest BCUT2D eigenvalue weighted by molar-refractivity contribution is 9.10. The third-order valence-electron chi connectivity index (χ3n) is 3.24. The van der Waals surface area contributed by atoms with Crippen molar-refractivity contribution in [3.05, 3.63) is 28.4 Å². The van der Waals surface area contributed by atoms with Crippen LogP contribution in [0.3, 0.4) is 0 Å². The normalized spacial score (nSPS) is 19.5. The van der Waals surface area contributed by atoms with E-state index in [9.17, 15) is 4.79 Å². The second-order valence-electron chi connectivity index (χ2n) is 4.60. The number of fused-ring (bicyclic) bond motifs is 1. The number of aromatic amines is 1. The molecule has 0 saturated carbocycles. The Morgan fingerprint density at radius 1 is 1.47 bits per heavy atom. The Hall–Kier alpha value is -1.40. The predicted octanol–water partition coefficient (Wildman–Crippen LogP) is 2.58. The highest BCUT2D eigenvalue weighted by Crippen LogP contribution is 2.22. The van der Waals surface area contributed by atoms with Gasteiger partial charge < -0.3 is 10.1 Å². The van der Waals surface area contributed by atoms with Crippen molar-refractivity contribution in [1.29, 1.82) is 0 Å². The smallest absolute Gasteiger partial charge is 0.253 e. The largest absolute Gasteiger partial charge is 0.359 e. The molecule has 2 N–H and O–H groups in total. The van der Waals surface area contributed by atoms with Gasteiger partial charge in [-0.3, -0.25) is 9.89 Å². The quantitative estimate of drug-likeness (QED) is 0.892. The molecule has 1 unspecified atom stereocenters. The molecule has 1 aliphatic heterocycles. The number of nitrogens with one attached hydrogen (secondary N) is 2. The molecule has 1 aromatic carbocycles. The van der Waals surface area contributed by atoms with Gasteiger partial charge in [-0.2, -0.15) is 5.10 Å². The molecule has 19 heavy (non-hydrogen) atoms. The maximum atomic E-state index is 12.2. The van der Waals surface area contributed by atoms with E-state index >= 15 is 0 Å². The topological polar surface area (TPSA) is 67.0 Å². The summed E-state index contributed by atoms with van der Waals surface area (Å²) >= 11 is 3.37. The van der Waals surface area contributed by atoms with Gasteiger partial charge in [0.1, 0.15) is 10.8 Å². The molecule has 2 heterocycles. The number of hydrogen-bond acceptors (Lipinski definition) is 3. The minimum atomic E-state index is -0.162. The summed E-state index contributed by atoms with van der Waals surface area (Å²) in [5, 5.41) is 10.7. The average Bonchev–Trinajstić information content (AvgIpc) is 2.81. The van der Waals surface area contributed by atoms with Crippen LogP contribution in [0.1, 0.15) is 29.6 Å². The lowest BCUT2D eigenvalue weighted by Gasteiger charge is -2.23. The number of rotatable bonds is 2. The summed E-state index contributed by atoms with van der Waals surface area (Å²) < 4.78 is 6.29. The number of aromatic nitrogens is 2. The molecule has 1 aliphatic rings. The third-order valence-corrected chi connectivity index (χ3v) is 3.85. The van der Waals surface area contributed by atoms with E-state index in [0.29, 0.717) is 5.56 Å². The molecule has 2 aromatic rings. The maximum Gasteiger partial charge on any atom is 0.253 e. The van der Waals surface area contributed by atoms with Crippen LogP contribution >= 0.6 is 15.9 Å². The van der Waals surface area contributed by atoms with Crippen molar-refractivity contribution in [3.63, 3.8) is 0 Å². The van der Waals surface area contributed by atoms with E-state index in [2.05, 4.69) is 31.4 Å². The molecule has 3 rings (SSSR count). The molecule has 1 amide bonds. The highest BCUT2D eigenvalue weighted by atomic mass is 79.9. The number of hydrogen-bond donors (Lipinski definition) is 2. The van der Waals surface area contributed by atoms with Crippen molar-refractivity contribution >= 4 is 32.7 Å². The maximum absolute atomic E-state index is 12.2. The second kappa shape index (κ2) is 5.30. The zero-order chi connectivity index (χ0) is 13.2. The van der Waals surface area contributed by atoms with Crippen molar-refractivity contribution < 1.29 is 9.53 Å². The van der Waals surface area contributed by atoms with Crippen molar-refractivity contribution in [2.45, 2.75) is 25.5 Å². The van der Waals surface area contributed by atoms with Crippen LogP contribution < -0.4 is 5.32 Å². The van der Waals surface area contributed by atoms with Crippen LogP contribution in [0.5, 0.6) is 0 Å². The zero-order valence-corrected chi connectivity index (χ0v) is 11.9. The number of H-pyrrole nitrogens is 1. The van der Waals surface area contributed by atoms with Crippen LogP contribution in [0.2, 0.25) is 0 Å². The van der Waals surface area contributed by atoms with Crippen LogP contribution in [-0.2, 0) is 4.74 Å². The molecule has 0 aliphatic carbocycles. The molecule has 1 atom stereocenters. The Morgan fingerprint density at radius 3 is 3.16 bits per heavy atom. The van der Waals surface area contributed by atoms with Crippen LogP contribution in [0.15, 0.2) is 22.8 Å². The summed E-state index contributed by atoms with van der Waals surface area (Å²) in [5.74, 6) is -0.109. The number of nitrogens with zero attached hydrogens (tertiary/aromatic N) is 1. The standard InChI is InChI=1S/C13H14BrN3O2/c14-12-9-7-8(4-5-10(9)16-17-12)13(18)15-11-3-1-2-6-19-11/h4-5,7,11H,1-3,6H2,(H,15,18)(H,16,17). The highest BCUT2D eigenvalue weighted by Gasteiger charge is 2.17. The van der Waals surface area contributed by atoms with Gasteiger partial charge >= 0.3 is 0 Å². The zero-order valence-electron chi connectivity index (χ0n) is 10.3. The van der Waals surface area contributed by atoms with E-state index in [1.807, 2.05) is 12.1 Å². The van der Waals surface area contributed by atoms with Crippen molar-refractivity contribution in [1.82, 2.24) is 15.5 Å². The lowest BCUT2D eigenvalue weighted by Crippen LogP contribution is -2.38. The Labute approximate surface area is 118 Å². The number of halogens is 1. The molecule has 0 spiro atoms. The van der Waals surface area contributed by atoms with Crippen molar-refractivity contribution in [2.24, 2.45) is 0 Å². The summed E-state index contributed by atoms with van der Waals surface area (Å²) in [4.78, 5) is 12.2. The fourth-order valence-electron chi connectivity index (χ4n) is 2.20. The van der Waals surface area contributed by atoms with E-state index in [-0.39, 0.29) is 12.1 Å². The van der Waals surface area contributed by atoms with Gasteiger partial charge in [0, 0.05) is 17.6 Å².